The van der Waals surface area contributed by atoms with Gasteiger partial charge in [0, 0.05) is 18.4 Å². The molecule has 2 aliphatic carbocycles. The molecular weight excluding hydrogens is 202 g/mol. The van der Waals surface area contributed by atoms with E-state index in [-0.39, 0.29) is 6.04 Å². The van der Waals surface area contributed by atoms with E-state index in [2.05, 4.69) is 17.1 Å². The van der Waals surface area contributed by atoms with Crippen molar-refractivity contribution in [3.63, 3.8) is 0 Å². The molecule has 0 spiro atoms. The molecule has 0 bridgehead atoms. The van der Waals surface area contributed by atoms with E-state index in [1.807, 2.05) is 0 Å². The Morgan fingerprint density at radius 2 is 2.19 bits per heavy atom. The first-order chi connectivity index (χ1) is 7.79. The summed E-state index contributed by atoms with van der Waals surface area (Å²) in [5, 5.41) is 4.03. The van der Waals surface area contributed by atoms with Gasteiger partial charge in [0.25, 0.3) is 0 Å². The molecule has 0 radical (unpaired) electrons. The number of aromatic nitrogens is 2. The number of fused-ring (bicyclic) bond motifs is 1. The highest BCUT2D eigenvalue weighted by atomic mass is 16.5. The minimum Gasteiger partial charge on any atom is -0.339 e. The molecule has 1 aromatic heterocycles. The van der Waals surface area contributed by atoms with E-state index in [1.165, 1.54) is 19.3 Å². The topological polar surface area (TPSA) is 64.9 Å². The minimum atomic E-state index is 0.157. The molecule has 0 aromatic carbocycles. The van der Waals surface area contributed by atoms with Gasteiger partial charge in [0.05, 0.1) is 0 Å². The lowest BCUT2D eigenvalue weighted by Crippen LogP contribution is -2.22. The molecule has 4 nitrogen and oxygen atoms in total. The summed E-state index contributed by atoms with van der Waals surface area (Å²) in [4.78, 5) is 4.48. The van der Waals surface area contributed by atoms with Crippen LogP contribution in [-0.2, 0) is 6.42 Å². The van der Waals surface area contributed by atoms with E-state index >= 15 is 0 Å². The second-order valence-corrected chi connectivity index (χ2v) is 5.21. The molecule has 88 valence electrons. The fourth-order valence-electron chi connectivity index (χ4n) is 3.05. The molecule has 3 rings (SSSR count). The van der Waals surface area contributed by atoms with Crippen molar-refractivity contribution >= 4 is 0 Å². The van der Waals surface area contributed by atoms with Crippen molar-refractivity contribution in [2.75, 3.05) is 0 Å². The first-order valence-corrected chi connectivity index (χ1v) is 6.37. The minimum absolute atomic E-state index is 0.157. The average molecular weight is 221 g/mol. The smallest absolute Gasteiger partial charge is 0.230 e. The molecular formula is C12H19N3O. The third-order valence-corrected chi connectivity index (χ3v) is 4.14. The van der Waals surface area contributed by atoms with Crippen molar-refractivity contribution < 1.29 is 4.52 Å². The number of hydrogen-bond donors (Lipinski definition) is 1. The second-order valence-electron chi connectivity index (χ2n) is 5.21. The predicted molar refractivity (Wildman–Crippen MR) is 59.8 cm³/mol. The summed E-state index contributed by atoms with van der Waals surface area (Å²) in [5.41, 5.74) is 5.88. The van der Waals surface area contributed by atoms with E-state index < -0.39 is 0 Å². The molecule has 3 atom stereocenters. The van der Waals surface area contributed by atoms with Gasteiger partial charge in [-0.15, -0.1) is 0 Å². The largest absolute Gasteiger partial charge is 0.339 e. The highest BCUT2D eigenvalue weighted by Gasteiger charge is 2.56. The van der Waals surface area contributed by atoms with Crippen molar-refractivity contribution in [3.8, 4) is 0 Å². The van der Waals surface area contributed by atoms with Gasteiger partial charge >= 0.3 is 0 Å². The normalized spacial score (nSPS) is 33.8. The number of rotatable bonds is 4. The molecule has 0 aliphatic heterocycles. The lowest BCUT2D eigenvalue weighted by molar-refractivity contribution is 0.362. The molecule has 3 unspecified atom stereocenters. The van der Waals surface area contributed by atoms with Crippen LogP contribution in [0.25, 0.3) is 0 Å². The summed E-state index contributed by atoms with van der Waals surface area (Å²) >= 11 is 0. The number of nitrogens with zero attached hydrogens (tertiary/aromatic N) is 2. The summed E-state index contributed by atoms with van der Waals surface area (Å²) in [6.07, 6.45) is 5.77. The van der Waals surface area contributed by atoms with E-state index in [0.29, 0.717) is 5.92 Å². The van der Waals surface area contributed by atoms with E-state index in [9.17, 15) is 0 Å². The van der Waals surface area contributed by atoms with Gasteiger partial charge in [0.2, 0.25) is 5.89 Å². The van der Waals surface area contributed by atoms with Gasteiger partial charge in [-0.25, -0.2) is 0 Å². The maximum Gasteiger partial charge on any atom is 0.230 e. The Morgan fingerprint density at radius 3 is 2.88 bits per heavy atom. The summed E-state index contributed by atoms with van der Waals surface area (Å²) < 4.78 is 5.35. The standard InChI is InChI=1S/C12H19N3O/c1-2-7(13)6-10-14-12(16-15-10)11-8-4-3-5-9(8)11/h7-9,11H,2-6,13H2,1H3. The number of hydrogen-bond acceptors (Lipinski definition) is 4. The molecule has 2 fully saturated rings. The molecule has 0 saturated heterocycles. The predicted octanol–water partition coefficient (Wildman–Crippen LogP) is 1.86. The van der Waals surface area contributed by atoms with Crippen LogP contribution >= 0.6 is 0 Å². The Hall–Kier alpha value is -0.900. The SMILES string of the molecule is CCC(N)Cc1noc(C2C3CCCC32)n1. The van der Waals surface area contributed by atoms with Crippen LogP contribution in [0.3, 0.4) is 0 Å². The molecule has 2 saturated carbocycles. The van der Waals surface area contributed by atoms with E-state index in [0.717, 1.165) is 36.4 Å². The summed E-state index contributed by atoms with van der Waals surface area (Å²) in [7, 11) is 0. The average Bonchev–Trinajstić information content (AvgIpc) is 2.74. The molecule has 0 amide bonds. The summed E-state index contributed by atoms with van der Waals surface area (Å²) in [6.45, 7) is 2.08. The number of nitrogens with two attached hydrogens (primary N) is 1. The van der Waals surface area contributed by atoms with E-state index in [1.54, 1.807) is 0 Å². The lowest BCUT2D eigenvalue weighted by atomic mass is 10.1. The van der Waals surface area contributed by atoms with Crippen molar-refractivity contribution in [1.82, 2.24) is 10.1 Å². The molecule has 1 heterocycles. The van der Waals surface area contributed by atoms with Crippen molar-refractivity contribution in [2.24, 2.45) is 17.6 Å². The van der Waals surface area contributed by atoms with Gasteiger partial charge in [-0.05, 0) is 31.1 Å². The quantitative estimate of drug-likeness (QED) is 0.842. The van der Waals surface area contributed by atoms with Gasteiger partial charge < -0.3 is 10.3 Å². The Kier molecular flexibility index (Phi) is 2.46. The van der Waals surface area contributed by atoms with Gasteiger partial charge in [-0.2, -0.15) is 4.98 Å². The van der Waals surface area contributed by atoms with Crippen LogP contribution in [-0.4, -0.2) is 16.2 Å². The maximum absolute atomic E-state index is 5.88. The van der Waals surface area contributed by atoms with Crippen LogP contribution in [0.15, 0.2) is 4.52 Å². The maximum atomic E-state index is 5.88. The van der Waals surface area contributed by atoms with Crippen molar-refractivity contribution in [1.29, 1.82) is 0 Å². The van der Waals surface area contributed by atoms with Gasteiger partial charge in [0.1, 0.15) is 0 Å². The fraction of sp³-hybridized carbons (Fsp3) is 0.833. The monoisotopic (exact) mass is 221 g/mol. The third-order valence-electron chi connectivity index (χ3n) is 4.14. The van der Waals surface area contributed by atoms with Crippen molar-refractivity contribution in [2.45, 2.75) is 51.0 Å². The fourth-order valence-corrected chi connectivity index (χ4v) is 3.05. The van der Waals surface area contributed by atoms with Gasteiger partial charge in [0.15, 0.2) is 5.82 Å². The zero-order valence-electron chi connectivity index (χ0n) is 9.72. The summed E-state index contributed by atoms with van der Waals surface area (Å²) in [5.74, 6) is 3.91. The zero-order valence-corrected chi connectivity index (χ0v) is 9.72. The van der Waals surface area contributed by atoms with Gasteiger partial charge in [-0.3, -0.25) is 0 Å². The second kappa shape index (κ2) is 3.84. The lowest BCUT2D eigenvalue weighted by Gasteiger charge is -2.02. The molecule has 2 N–H and O–H groups in total. The Morgan fingerprint density at radius 1 is 1.44 bits per heavy atom. The third kappa shape index (κ3) is 1.65. The summed E-state index contributed by atoms with van der Waals surface area (Å²) in [6, 6.07) is 0.157. The van der Waals surface area contributed by atoms with Crippen LogP contribution in [0.1, 0.15) is 50.2 Å². The Labute approximate surface area is 95.6 Å². The first-order valence-electron chi connectivity index (χ1n) is 6.37. The van der Waals surface area contributed by atoms with Crippen LogP contribution in [0.2, 0.25) is 0 Å². The Bertz CT molecular complexity index is 366. The molecule has 1 aromatic rings. The van der Waals surface area contributed by atoms with Crippen LogP contribution in [0.4, 0.5) is 0 Å². The van der Waals surface area contributed by atoms with Crippen molar-refractivity contribution in [3.05, 3.63) is 11.7 Å². The highest BCUT2D eigenvalue weighted by Crippen LogP contribution is 2.62. The Balaban J connectivity index is 1.65. The zero-order chi connectivity index (χ0) is 11.1. The molecule has 2 aliphatic rings. The van der Waals surface area contributed by atoms with Crippen LogP contribution < -0.4 is 5.73 Å². The van der Waals surface area contributed by atoms with Crippen LogP contribution in [0, 0.1) is 11.8 Å². The van der Waals surface area contributed by atoms with E-state index in [4.69, 9.17) is 10.3 Å². The van der Waals surface area contributed by atoms with Crippen LogP contribution in [0.5, 0.6) is 0 Å². The molecule has 4 heteroatoms. The first kappa shape index (κ1) is 10.3. The van der Waals surface area contributed by atoms with Gasteiger partial charge in [-0.1, -0.05) is 18.5 Å². The molecule has 16 heavy (non-hydrogen) atoms. The highest BCUT2D eigenvalue weighted by molar-refractivity contribution is 5.16.